The molecule has 1 fully saturated rings. The molecule has 2 aromatic rings. The van der Waals surface area contributed by atoms with Crippen LogP contribution in [0.2, 0.25) is 0 Å². The number of hydrogen-bond acceptors (Lipinski definition) is 5. The summed E-state index contributed by atoms with van der Waals surface area (Å²) in [5.74, 6) is 1.41. The molecule has 0 saturated carbocycles. The predicted octanol–water partition coefficient (Wildman–Crippen LogP) is 4.16. The zero-order chi connectivity index (χ0) is 22.0. The summed E-state index contributed by atoms with van der Waals surface area (Å²) in [6.07, 6.45) is -3.56. The highest BCUT2D eigenvalue weighted by Crippen LogP contribution is 2.37. The highest BCUT2D eigenvalue weighted by molar-refractivity contribution is 5.50. The zero-order valence-corrected chi connectivity index (χ0v) is 17.7. The molecule has 1 unspecified atom stereocenters. The molecule has 1 saturated heterocycles. The minimum atomic E-state index is -4.33. The van der Waals surface area contributed by atoms with Crippen LogP contribution in [0.25, 0.3) is 0 Å². The molecule has 168 valence electrons. The molecule has 5 nitrogen and oxygen atoms in total. The molecule has 2 aliphatic rings. The van der Waals surface area contributed by atoms with Gasteiger partial charge in [0.25, 0.3) is 0 Å². The van der Waals surface area contributed by atoms with Gasteiger partial charge >= 0.3 is 6.18 Å². The van der Waals surface area contributed by atoms with Crippen molar-refractivity contribution < 1.29 is 27.4 Å². The Kier molecular flexibility index (Phi) is 6.29. The van der Waals surface area contributed by atoms with E-state index in [4.69, 9.17) is 14.2 Å². The summed E-state index contributed by atoms with van der Waals surface area (Å²) in [4.78, 5) is 4.32. The molecule has 0 bridgehead atoms. The third-order valence-corrected chi connectivity index (χ3v) is 6.02. The third-order valence-electron chi connectivity index (χ3n) is 6.02. The monoisotopic (exact) mass is 436 g/mol. The smallest absolute Gasteiger partial charge is 0.416 e. The van der Waals surface area contributed by atoms with E-state index in [0.29, 0.717) is 31.1 Å². The average molecular weight is 436 g/mol. The minimum absolute atomic E-state index is 0.0661. The summed E-state index contributed by atoms with van der Waals surface area (Å²) >= 11 is 0. The van der Waals surface area contributed by atoms with Crippen LogP contribution in [0, 0.1) is 0 Å². The Balaban J connectivity index is 1.41. The molecule has 0 spiro atoms. The molecular formula is C23H27F3N2O3. The van der Waals surface area contributed by atoms with E-state index in [1.165, 1.54) is 17.7 Å². The quantitative estimate of drug-likeness (QED) is 0.703. The van der Waals surface area contributed by atoms with Gasteiger partial charge in [-0.3, -0.25) is 4.90 Å². The molecule has 2 heterocycles. The van der Waals surface area contributed by atoms with Gasteiger partial charge in [0, 0.05) is 38.4 Å². The molecule has 0 radical (unpaired) electrons. The van der Waals surface area contributed by atoms with Gasteiger partial charge in [-0.1, -0.05) is 6.07 Å². The molecule has 4 rings (SSSR count). The molecule has 0 aromatic heterocycles. The number of anilines is 1. The molecule has 31 heavy (non-hydrogen) atoms. The van der Waals surface area contributed by atoms with Crippen LogP contribution < -0.4 is 14.4 Å². The number of halogens is 3. The van der Waals surface area contributed by atoms with E-state index in [-0.39, 0.29) is 6.10 Å². The maximum Gasteiger partial charge on any atom is 0.416 e. The van der Waals surface area contributed by atoms with E-state index >= 15 is 0 Å². The number of hydrogen-bond donors (Lipinski definition) is 0. The number of fused-ring (bicyclic) bond motifs is 1. The van der Waals surface area contributed by atoms with Crippen molar-refractivity contribution in [3.05, 3.63) is 53.1 Å². The molecule has 1 atom stereocenters. The molecule has 0 N–H and O–H groups in total. The fourth-order valence-electron chi connectivity index (χ4n) is 4.31. The van der Waals surface area contributed by atoms with Gasteiger partial charge in [-0.05, 0) is 47.9 Å². The topological polar surface area (TPSA) is 34.2 Å². The van der Waals surface area contributed by atoms with E-state index in [9.17, 15) is 13.2 Å². The van der Waals surface area contributed by atoms with Crippen molar-refractivity contribution in [3.8, 4) is 11.5 Å². The lowest BCUT2D eigenvalue weighted by atomic mass is 9.96. The van der Waals surface area contributed by atoms with Crippen molar-refractivity contribution in [2.24, 2.45) is 0 Å². The third kappa shape index (κ3) is 4.75. The normalized spacial score (nSPS) is 19.8. The number of nitrogens with zero attached hydrogens (tertiary/aromatic N) is 2. The number of alkyl halides is 3. The molecule has 2 aromatic carbocycles. The predicted molar refractivity (Wildman–Crippen MR) is 112 cm³/mol. The minimum Gasteiger partial charge on any atom is -0.493 e. The van der Waals surface area contributed by atoms with Gasteiger partial charge < -0.3 is 19.1 Å². The number of piperazine rings is 1. The Labute approximate surface area is 180 Å². The van der Waals surface area contributed by atoms with E-state index in [0.717, 1.165) is 43.4 Å². The fraction of sp³-hybridized carbons (Fsp3) is 0.478. The van der Waals surface area contributed by atoms with Gasteiger partial charge in [0.1, 0.15) is 0 Å². The maximum absolute atomic E-state index is 13.0. The number of benzene rings is 2. The van der Waals surface area contributed by atoms with Crippen molar-refractivity contribution in [2.75, 3.05) is 58.5 Å². The maximum atomic E-state index is 13.0. The summed E-state index contributed by atoms with van der Waals surface area (Å²) < 4.78 is 56.0. The van der Waals surface area contributed by atoms with Crippen LogP contribution in [0.1, 0.15) is 22.8 Å². The van der Waals surface area contributed by atoms with Crippen LogP contribution in [-0.4, -0.2) is 58.5 Å². The summed E-state index contributed by atoms with van der Waals surface area (Å²) in [5.41, 5.74) is 2.33. The van der Waals surface area contributed by atoms with Crippen LogP contribution in [0.5, 0.6) is 11.5 Å². The SMILES string of the molecule is COc1cc2c(cc1OC)C(CN1CCN(c3cccc(C(F)(F)F)c3)CC1)OCC2. The second-order valence-electron chi connectivity index (χ2n) is 7.85. The highest BCUT2D eigenvalue weighted by Gasteiger charge is 2.31. The average Bonchev–Trinajstić information content (AvgIpc) is 2.78. The number of methoxy groups -OCH3 is 2. The lowest BCUT2D eigenvalue weighted by Crippen LogP contribution is -2.48. The zero-order valence-electron chi connectivity index (χ0n) is 17.7. The molecule has 0 amide bonds. The van der Waals surface area contributed by atoms with Crippen LogP contribution in [0.3, 0.4) is 0 Å². The first-order chi connectivity index (χ1) is 14.9. The van der Waals surface area contributed by atoms with E-state index in [1.807, 2.05) is 17.0 Å². The van der Waals surface area contributed by atoms with Crippen molar-refractivity contribution in [1.82, 2.24) is 4.90 Å². The van der Waals surface area contributed by atoms with E-state index in [2.05, 4.69) is 4.90 Å². The number of ether oxygens (including phenoxy) is 3. The first-order valence-corrected chi connectivity index (χ1v) is 10.4. The van der Waals surface area contributed by atoms with E-state index < -0.39 is 11.7 Å². The second kappa shape index (κ2) is 8.96. The Hall–Kier alpha value is -2.45. The summed E-state index contributed by atoms with van der Waals surface area (Å²) in [5, 5.41) is 0. The Morgan fingerprint density at radius 2 is 1.71 bits per heavy atom. The summed E-state index contributed by atoms with van der Waals surface area (Å²) in [7, 11) is 3.25. The van der Waals surface area contributed by atoms with Crippen LogP contribution in [0.4, 0.5) is 18.9 Å². The number of rotatable bonds is 5. The summed E-state index contributed by atoms with van der Waals surface area (Å²) in [6, 6.07) is 9.58. The van der Waals surface area contributed by atoms with Gasteiger partial charge in [-0.25, -0.2) is 0 Å². The van der Waals surface area contributed by atoms with Gasteiger partial charge in [0.2, 0.25) is 0 Å². The van der Waals surface area contributed by atoms with Crippen molar-refractivity contribution >= 4 is 5.69 Å². The molecule has 8 heteroatoms. The molecular weight excluding hydrogens is 409 g/mol. The lowest BCUT2D eigenvalue weighted by Gasteiger charge is -2.38. The van der Waals surface area contributed by atoms with Crippen molar-refractivity contribution in [2.45, 2.75) is 18.7 Å². The van der Waals surface area contributed by atoms with Crippen LogP contribution in [-0.2, 0) is 17.3 Å². The van der Waals surface area contributed by atoms with Crippen LogP contribution >= 0.6 is 0 Å². The molecule has 0 aliphatic carbocycles. The van der Waals surface area contributed by atoms with Gasteiger partial charge in [0.15, 0.2) is 11.5 Å². The largest absolute Gasteiger partial charge is 0.493 e. The Bertz CT molecular complexity index is 911. The first kappa shape index (κ1) is 21.8. The summed E-state index contributed by atoms with van der Waals surface area (Å²) in [6.45, 7) is 4.26. The van der Waals surface area contributed by atoms with Gasteiger partial charge in [-0.15, -0.1) is 0 Å². The van der Waals surface area contributed by atoms with E-state index in [1.54, 1.807) is 20.3 Å². The first-order valence-electron chi connectivity index (χ1n) is 10.4. The van der Waals surface area contributed by atoms with Gasteiger partial charge in [0.05, 0.1) is 32.5 Å². The highest BCUT2D eigenvalue weighted by atomic mass is 19.4. The van der Waals surface area contributed by atoms with Crippen molar-refractivity contribution in [1.29, 1.82) is 0 Å². The molecule has 2 aliphatic heterocycles. The lowest BCUT2D eigenvalue weighted by molar-refractivity contribution is -0.137. The Morgan fingerprint density at radius 3 is 2.39 bits per heavy atom. The Morgan fingerprint density at radius 1 is 1.00 bits per heavy atom. The fourth-order valence-corrected chi connectivity index (χ4v) is 4.31. The standard InChI is InChI=1S/C23H27F3N2O3/c1-29-20-12-16-6-11-31-22(19(16)14-21(20)30-2)15-27-7-9-28(10-8-27)18-5-3-4-17(13-18)23(24,25)26/h3-5,12-14,22H,6-11,15H2,1-2H3. The van der Waals surface area contributed by atoms with Crippen LogP contribution in [0.15, 0.2) is 36.4 Å². The second-order valence-corrected chi connectivity index (χ2v) is 7.85. The van der Waals surface area contributed by atoms with Gasteiger partial charge in [-0.2, -0.15) is 13.2 Å². The van der Waals surface area contributed by atoms with Crippen molar-refractivity contribution in [3.63, 3.8) is 0 Å².